The summed E-state index contributed by atoms with van der Waals surface area (Å²) in [6.07, 6.45) is 0.736. The number of nitrogens with one attached hydrogen (secondary N) is 1. The van der Waals surface area contributed by atoms with Crippen molar-refractivity contribution < 1.29 is 14.3 Å². The van der Waals surface area contributed by atoms with Gasteiger partial charge in [-0.25, -0.2) is 0 Å². The number of hydrogen-bond acceptors (Lipinski definition) is 4. The third-order valence-corrected chi connectivity index (χ3v) is 6.55. The Morgan fingerprint density at radius 2 is 1.84 bits per heavy atom. The minimum Gasteiger partial charge on any atom is -0.385 e. The Morgan fingerprint density at radius 3 is 2.62 bits per heavy atom. The molecule has 32 heavy (non-hydrogen) atoms. The highest BCUT2D eigenvalue weighted by atomic mass is 35.5. The van der Waals surface area contributed by atoms with Gasteiger partial charge in [0.2, 0.25) is 0 Å². The highest BCUT2D eigenvalue weighted by molar-refractivity contribution is 7.99. The van der Waals surface area contributed by atoms with Crippen LogP contribution in [-0.2, 0) is 11.3 Å². The van der Waals surface area contributed by atoms with Crippen LogP contribution in [0.2, 0.25) is 5.02 Å². The largest absolute Gasteiger partial charge is 0.385 e. The van der Waals surface area contributed by atoms with Crippen molar-refractivity contribution in [1.29, 1.82) is 0 Å². The lowest BCUT2D eigenvalue weighted by Gasteiger charge is -2.24. The average Bonchev–Trinajstić information content (AvgIpc) is 2.92. The van der Waals surface area contributed by atoms with E-state index in [1.54, 1.807) is 24.1 Å². The zero-order valence-corrected chi connectivity index (χ0v) is 19.2. The van der Waals surface area contributed by atoms with E-state index in [9.17, 15) is 9.59 Å². The second kappa shape index (κ2) is 10.2. The quantitative estimate of drug-likeness (QED) is 0.472. The molecular weight excluding hydrogens is 444 g/mol. The first kappa shape index (κ1) is 22.4. The summed E-state index contributed by atoms with van der Waals surface area (Å²) in [5.41, 5.74) is 2.83. The van der Waals surface area contributed by atoms with Gasteiger partial charge in [0.25, 0.3) is 11.8 Å². The molecule has 0 fully saturated rings. The van der Waals surface area contributed by atoms with E-state index in [2.05, 4.69) is 5.32 Å². The van der Waals surface area contributed by atoms with Crippen LogP contribution in [0, 0.1) is 0 Å². The van der Waals surface area contributed by atoms with E-state index in [0.717, 1.165) is 27.5 Å². The van der Waals surface area contributed by atoms with Gasteiger partial charge in [-0.1, -0.05) is 47.6 Å². The van der Waals surface area contributed by atoms with E-state index < -0.39 is 0 Å². The average molecular weight is 467 g/mol. The molecule has 0 aromatic heterocycles. The molecule has 0 atom stereocenters. The number of ether oxygens (including phenoxy) is 1. The first-order valence-electron chi connectivity index (χ1n) is 10.3. The maximum atomic E-state index is 13.6. The van der Waals surface area contributed by atoms with Gasteiger partial charge in [0.1, 0.15) is 0 Å². The fourth-order valence-corrected chi connectivity index (χ4v) is 4.70. The van der Waals surface area contributed by atoms with Crippen LogP contribution in [0.5, 0.6) is 0 Å². The van der Waals surface area contributed by atoms with Gasteiger partial charge in [-0.3, -0.25) is 9.59 Å². The SMILES string of the molecule is COCCCNC(=O)c1ccc2c(c1)N(Cc1ccc(Cl)cc1)C(=O)c1ccccc1S2. The molecule has 0 bridgehead atoms. The van der Waals surface area contributed by atoms with Crippen LogP contribution in [0.3, 0.4) is 0 Å². The fraction of sp³-hybridized carbons (Fsp3) is 0.200. The van der Waals surface area contributed by atoms with Gasteiger partial charge >= 0.3 is 0 Å². The smallest absolute Gasteiger partial charge is 0.259 e. The van der Waals surface area contributed by atoms with Crippen molar-refractivity contribution in [3.8, 4) is 0 Å². The molecule has 2 amide bonds. The summed E-state index contributed by atoms with van der Waals surface area (Å²) in [4.78, 5) is 29.8. The van der Waals surface area contributed by atoms with Gasteiger partial charge < -0.3 is 15.0 Å². The molecule has 0 aliphatic carbocycles. The molecule has 4 rings (SSSR count). The summed E-state index contributed by atoms with van der Waals surface area (Å²) < 4.78 is 5.03. The minimum atomic E-state index is -0.172. The Bertz CT molecular complexity index is 1130. The molecule has 1 N–H and O–H groups in total. The van der Waals surface area contributed by atoms with E-state index in [0.29, 0.717) is 35.8 Å². The molecule has 3 aromatic rings. The Labute approximate surface area is 196 Å². The van der Waals surface area contributed by atoms with Crippen molar-refractivity contribution in [1.82, 2.24) is 5.32 Å². The van der Waals surface area contributed by atoms with Crippen molar-refractivity contribution in [2.45, 2.75) is 22.8 Å². The summed E-state index contributed by atoms with van der Waals surface area (Å²) >= 11 is 7.57. The number of amides is 2. The van der Waals surface area contributed by atoms with E-state index in [1.165, 1.54) is 11.8 Å². The third kappa shape index (κ3) is 4.99. The number of methoxy groups -OCH3 is 1. The third-order valence-electron chi connectivity index (χ3n) is 5.16. The minimum absolute atomic E-state index is 0.0977. The Hall–Kier alpha value is -2.80. The van der Waals surface area contributed by atoms with Crippen LogP contribution in [0.15, 0.2) is 76.5 Å². The number of carbonyl (C=O) groups excluding carboxylic acids is 2. The topological polar surface area (TPSA) is 58.6 Å². The molecule has 5 nitrogen and oxygen atoms in total. The van der Waals surface area contributed by atoms with Crippen molar-refractivity contribution in [2.24, 2.45) is 0 Å². The summed E-state index contributed by atoms with van der Waals surface area (Å²) in [5.74, 6) is -0.269. The summed E-state index contributed by atoms with van der Waals surface area (Å²) in [6.45, 7) is 1.48. The van der Waals surface area contributed by atoms with Gasteiger partial charge in [-0.2, -0.15) is 0 Å². The summed E-state index contributed by atoms with van der Waals surface area (Å²) in [6, 6.07) is 20.5. The maximum Gasteiger partial charge on any atom is 0.259 e. The lowest BCUT2D eigenvalue weighted by molar-refractivity contribution is 0.0945. The molecule has 0 unspecified atom stereocenters. The van der Waals surface area contributed by atoms with Gasteiger partial charge in [-0.15, -0.1) is 0 Å². The van der Waals surface area contributed by atoms with Crippen molar-refractivity contribution in [2.75, 3.05) is 25.2 Å². The number of anilines is 1. The van der Waals surface area contributed by atoms with E-state index in [-0.39, 0.29) is 11.8 Å². The molecular formula is C25H23ClN2O3S. The second-order valence-corrected chi connectivity index (χ2v) is 8.92. The highest BCUT2D eigenvalue weighted by Crippen LogP contribution is 2.42. The molecule has 1 aliphatic heterocycles. The Morgan fingerprint density at radius 1 is 1.06 bits per heavy atom. The van der Waals surface area contributed by atoms with Crippen LogP contribution in [0.4, 0.5) is 5.69 Å². The predicted octanol–water partition coefficient (Wildman–Crippen LogP) is 5.42. The second-order valence-electron chi connectivity index (χ2n) is 7.40. The van der Waals surface area contributed by atoms with Crippen LogP contribution in [0.1, 0.15) is 32.7 Å². The number of halogens is 1. The molecule has 1 aliphatic rings. The first-order valence-corrected chi connectivity index (χ1v) is 11.5. The number of hydrogen-bond donors (Lipinski definition) is 1. The number of benzene rings is 3. The zero-order chi connectivity index (χ0) is 22.5. The molecule has 7 heteroatoms. The van der Waals surface area contributed by atoms with E-state index >= 15 is 0 Å². The van der Waals surface area contributed by atoms with Gasteiger partial charge in [0.05, 0.1) is 17.8 Å². The summed E-state index contributed by atoms with van der Waals surface area (Å²) in [7, 11) is 1.64. The zero-order valence-electron chi connectivity index (χ0n) is 17.6. The molecule has 0 spiro atoms. The number of carbonyl (C=O) groups is 2. The maximum absolute atomic E-state index is 13.6. The molecule has 164 valence electrons. The standard InChI is InChI=1S/C25H23ClN2O3S/c1-31-14-4-13-27-24(29)18-9-12-23-21(15-18)28(16-17-7-10-19(26)11-8-17)25(30)20-5-2-3-6-22(20)32-23/h2-3,5-12,15H,4,13-14,16H2,1H3,(H,27,29). The molecule has 0 saturated carbocycles. The van der Waals surface area contributed by atoms with Crippen LogP contribution in [-0.4, -0.2) is 32.1 Å². The normalized spacial score (nSPS) is 12.7. The molecule has 0 radical (unpaired) electrons. The van der Waals surface area contributed by atoms with E-state index in [1.807, 2.05) is 54.6 Å². The first-order chi connectivity index (χ1) is 15.6. The highest BCUT2D eigenvalue weighted by Gasteiger charge is 2.28. The van der Waals surface area contributed by atoms with E-state index in [4.69, 9.17) is 16.3 Å². The number of rotatable bonds is 7. The predicted molar refractivity (Wildman–Crippen MR) is 128 cm³/mol. The molecule has 1 heterocycles. The van der Waals surface area contributed by atoms with Crippen molar-refractivity contribution in [3.05, 3.63) is 88.4 Å². The lowest BCUT2D eigenvalue weighted by Crippen LogP contribution is -2.31. The Kier molecular flexibility index (Phi) is 7.15. The Balaban J connectivity index is 1.70. The molecule has 0 saturated heterocycles. The van der Waals surface area contributed by atoms with Crippen LogP contribution >= 0.6 is 23.4 Å². The van der Waals surface area contributed by atoms with Gasteiger partial charge in [0.15, 0.2) is 0 Å². The van der Waals surface area contributed by atoms with Crippen molar-refractivity contribution in [3.63, 3.8) is 0 Å². The van der Waals surface area contributed by atoms with Crippen LogP contribution < -0.4 is 10.2 Å². The van der Waals surface area contributed by atoms with Crippen molar-refractivity contribution >= 4 is 40.9 Å². The number of fused-ring (bicyclic) bond motifs is 2. The van der Waals surface area contributed by atoms with Gasteiger partial charge in [0, 0.05) is 40.6 Å². The monoisotopic (exact) mass is 466 g/mol. The molecule has 3 aromatic carbocycles. The van der Waals surface area contributed by atoms with Gasteiger partial charge in [-0.05, 0) is 54.4 Å². The lowest BCUT2D eigenvalue weighted by atomic mass is 10.1. The number of nitrogens with zero attached hydrogens (tertiary/aromatic N) is 1. The van der Waals surface area contributed by atoms with Crippen LogP contribution in [0.25, 0.3) is 0 Å². The summed E-state index contributed by atoms with van der Waals surface area (Å²) in [5, 5.41) is 3.55. The fourth-order valence-electron chi connectivity index (χ4n) is 3.51.